The lowest BCUT2D eigenvalue weighted by atomic mass is 9.73. The molecular weight excluding hydrogens is 320 g/mol. The zero-order chi connectivity index (χ0) is 14.2. The topological polar surface area (TPSA) is 38.7 Å². The molecule has 1 N–H and O–H groups in total. The van der Waals surface area contributed by atoms with Crippen LogP contribution in [0.4, 0.5) is 0 Å². The first-order valence-corrected chi connectivity index (χ1v) is 8.01. The van der Waals surface area contributed by atoms with E-state index in [1.165, 1.54) is 0 Å². The van der Waals surface area contributed by atoms with Crippen molar-refractivity contribution in [3.05, 3.63) is 34.3 Å². The van der Waals surface area contributed by atoms with Crippen LogP contribution in [0.1, 0.15) is 31.7 Å². The van der Waals surface area contributed by atoms with E-state index in [0.717, 1.165) is 35.9 Å². The first-order chi connectivity index (χ1) is 9.52. The number of aliphatic hydroxyl groups is 1. The molecule has 2 heterocycles. The molecule has 2 fully saturated rings. The van der Waals surface area contributed by atoms with E-state index >= 15 is 0 Å². The van der Waals surface area contributed by atoms with Crippen molar-refractivity contribution in [1.29, 1.82) is 0 Å². The number of rotatable bonds is 2. The molecule has 2 saturated heterocycles. The molecular formula is C16H21BrO3. The molecule has 0 aliphatic carbocycles. The van der Waals surface area contributed by atoms with E-state index in [2.05, 4.69) is 15.9 Å². The molecule has 0 amide bonds. The summed E-state index contributed by atoms with van der Waals surface area (Å²) in [6.07, 6.45) is 2.71. The average Bonchev–Trinajstić information content (AvgIpc) is 2.87. The van der Waals surface area contributed by atoms with Crippen LogP contribution in [0, 0.1) is 5.92 Å². The molecule has 3 nitrogen and oxygen atoms in total. The predicted octanol–water partition coefficient (Wildman–Crippen LogP) is 3.24. The Morgan fingerprint density at radius 1 is 1.30 bits per heavy atom. The maximum Gasteiger partial charge on any atom is 0.0940 e. The van der Waals surface area contributed by atoms with Crippen molar-refractivity contribution in [2.24, 2.45) is 5.92 Å². The molecule has 1 aromatic carbocycles. The number of halogens is 1. The van der Waals surface area contributed by atoms with E-state index in [-0.39, 0.29) is 11.5 Å². The minimum Gasteiger partial charge on any atom is -0.385 e. The molecule has 1 aromatic rings. The molecule has 0 bridgehead atoms. The summed E-state index contributed by atoms with van der Waals surface area (Å²) in [7, 11) is 0. The van der Waals surface area contributed by atoms with Crippen LogP contribution in [0.5, 0.6) is 0 Å². The first-order valence-electron chi connectivity index (χ1n) is 7.22. The molecule has 3 unspecified atom stereocenters. The van der Waals surface area contributed by atoms with Crippen molar-refractivity contribution < 1.29 is 14.6 Å². The lowest BCUT2D eigenvalue weighted by Crippen LogP contribution is -2.46. The lowest BCUT2D eigenvalue weighted by molar-refractivity contribution is -0.140. The predicted molar refractivity (Wildman–Crippen MR) is 80.6 cm³/mol. The van der Waals surface area contributed by atoms with Crippen molar-refractivity contribution in [3.63, 3.8) is 0 Å². The summed E-state index contributed by atoms with van der Waals surface area (Å²) in [4.78, 5) is 0. The van der Waals surface area contributed by atoms with Gasteiger partial charge in [-0.15, -0.1) is 0 Å². The minimum absolute atomic E-state index is 0.164. The second kappa shape index (κ2) is 5.41. The molecule has 4 heteroatoms. The van der Waals surface area contributed by atoms with Gasteiger partial charge in [-0.3, -0.25) is 0 Å². The van der Waals surface area contributed by atoms with Gasteiger partial charge in [0.15, 0.2) is 0 Å². The van der Waals surface area contributed by atoms with Gasteiger partial charge in [-0.05, 0) is 43.4 Å². The first kappa shape index (κ1) is 14.5. The van der Waals surface area contributed by atoms with Crippen molar-refractivity contribution in [2.75, 3.05) is 19.8 Å². The molecule has 2 aliphatic rings. The monoisotopic (exact) mass is 340 g/mol. The van der Waals surface area contributed by atoms with Crippen molar-refractivity contribution in [2.45, 2.75) is 37.4 Å². The Labute approximate surface area is 128 Å². The van der Waals surface area contributed by atoms with Crippen LogP contribution in [-0.4, -0.2) is 30.5 Å². The summed E-state index contributed by atoms with van der Waals surface area (Å²) >= 11 is 3.44. The Morgan fingerprint density at radius 2 is 2.05 bits per heavy atom. The molecule has 1 spiro atoms. The van der Waals surface area contributed by atoms with Crippen LogP contribution in [0.15, 0.2) is 28.7 Å². The SMILES string of the molecule is CC(O)(c1ccc(Br)cc1)C1CCOC2(CCOC2)C1. The largest absolute Gasteiger partial charge is 0.385 e. The molecule has 3 atom stereocenters. The fourth-order valence-electron chi connectivity index (χ4n) is 3.39. The fraction of sp³-hybridized carbons (Fsp3) is 0.625. The van der Waals surface area contributed by atoms with E-state index in [0.29, 0.717) is 13.2 Å². The van der Waals surface area contributed by atoms with Crippen LogP contribution in [-0.2, 0) is 15.1 Å². The van der Waals surface area contributed by atoms with Crippen LogP contribution in [0.2, 0.25) is 0 Å². The van der Waals surface area contributed by atoms with Gasteiger partial charge >= 0.3 is 0 Å². The number of ether oxygens (including phenoxy) is 2. The van der Waals surface area contributed by atoms with Crippen LogP contribution in [0.25, 0.3) is 0 Å². The van der Waals surface area contributed by atoms with Gasteiger partial charge in [-0.2, -0.15) is 0 Å². The summed E-state index contributed by atoms with van der Waals surface area (Å²) in [5.74, 6) is 0.208. The smallest absolute Gasteiger partial charge is 0.0940 e. The molecule has 0 radical (unpaired) electrons. The molecule has 20 heavy (non-hydrogen) atoms. The fourth-order valence-corrected chi connectivity index (χ4v) is 3.66. The Morgan fingerprint density at radius 3 is 2.70 bits per heavy atom. The van der Waals surface area contributed by atoms with Gasteiger partial charge in [0.1, 0.15) is 0 Å². The second-order valence-corrected chi connectivity index (χ2v) is 7.09. The average molecular weight is 341 g/mol. The second-order valence-electron chi connectivity index (χ2n) is 6.18. The van der Waals surface area contributed by atoms with E-state index in [1.807, 2.05) is 31.2 Å². The summed E-state index contributed by atoms with van der Waals surface area (Å²) < 4.78 is 12.5. The number of hydrogen-bond acceptors (Lipinski definition) is 3. The van der Waals surface area contributed by atoms with Gasteiger partial charge in [0.05, 0.1) is 17.8 Å². The third-order valence-electron chi connectivity index (χ3n) is 4.78. The highest BCUT2D eigenvalue weighted by molar-refractivity contribution is 9.10. The maximum absolute atomic E-state index is 11.0. The third-order valence-corrected chi connectivity index (χ3v) is 5.31. The Balaban J connectivity index is 1.81. The van der Waals surface area contributed by atoms with E-state index in [9.17, 15) is 5.11 Å². The summed E-state index contributed by atoms with van der Waals surface area (Å²) in [6, 6.07) is 7.96. The molecule has 0 saturated carbocycles. The standard InChI is InChI=1S/C16H21BrO3/c1-15(18,12-2-4-14(17)5-3-12)13-6-8-20-16(10-13)7-9-19-11-16/h2-5,13,18H,6-11H2,1H3. The van der Waals surface area contributed by atoms with Crippen LogP contribution < -0.4 is 0 Å². The summed E-state index contributed by atoms with van der Waals surface area (Å²) in [5, 5.41) is 11.0. The van der Waals surface area contributed by atoms with E-state index < -0.39 is 5.60 Å². The van der Waals surface area contributed by atoms with E-state index in [4.69, 9.17) is 9.47 Å². The highest BCUT2D eigenvalue weighted by Crippen LogP contribution is 2.43. The van der Waals surface area contributed by atoms with Gasteiger partial charge in [0, 0.05) is 24.1 Å². The van der Waals surface area contributed by atoms with Gasteiger partial charge in [0.2, 0.25) is 0 Å². The van der Waals surface area contributed by atoms with Crippen molar-refractivity contribution >= 4 is 15.9 Å². The molecule has 110 valence electrons. The van der Waals surface area contributed by atoms with Crippen molar-refractivity contribution in [3.8, 4) is 0 Å². The molecule has 3 rings (SSSR count). The number of hydrogen-bond donors (Lipinski definition) is 1. The van der Waals surface area contributed by atoms with Crippen molar-refractivity contribution in [1.82, 2.24) is 0 Å². The highest BCUT2D eigenvalue weighted by atomic mass is 79.9. The molecule has 2 aliphatic heterocycles. The van der Waals surface area contributed by atoms with Gasteiger partial charge in [-0.1, -0.05) is 28.1 Å². The Bertz CT molecular complexity index is 463. The zero-order valence-electron chi connectivity index (χ0n) is 11.8. The Hall–Kier alpha value is -0.420. The van der Waals surface area contributed by atoms with E-state index in [1.54, 1.807) is 0 Å². The van der Waals surface area contributed by atoms with Crippen LogP contribution in [0.3, 0.4) is 0 Å². The molecule has 0 aromatic heterocycles. The highest BCUT2D eigenvalue weighted by Gasteiger charge is 2.46. The van der Waals surface area contributed by atoms with Crippen LogP contribution >= 0.6 is 15.9 Å². The third kappa shape index (κ3) is 2.67. The maximum atomic E-state index is 11.0. The van der Waals surface area contributed by atoms with Gasteiger partial charge < -0.3 is 14.6 Å². The normalized spacial score (nSPS) is 33.2. The summed E-state index contributed by atoms with van der Waals surface area (Å²) in [6.45, 7) is 4.07. The summed E-state index contributed by atoms with van der Waals surface area (Å²) in [5.41, 5.74) is -0.0100. The van der Waals surface area contributed by atoms with Gasteiger partial charge in [0.25, 0.3) is 0 Å². The zero-order valence-corrected chi connectivity index (χ0v) is 13.4. The number of benzene rings is 1. The Kier molecular flexibility index (Phi) is 3.93. The lowest BCUT2D eigenvalue weighted by Gasteiger charge is -2.43. The van der Waals surface area contributed by atoms with Gasteiger partial charge in [-0.25, -0.2) is 0 Å². The quantitative estimate of drug-likeness (QED) is 0.898. The minimum atomic E-state index is -0.819.